The largest absolute Gasteiger partial charge is 0.459 e. The second-order valence-corrected chi connectivity index (χ2v) is 14.0. The third kappa shape index (κ3) is 11.0. The molecule has 15 nitrogen and oxygen atoms in total. The van der Waals surface area contributed by atoms with Crippen molar-refractivity contribution in [2.75, 3.05) is 26.7 Å². The lowest BCUT2D eigenvalue weighted by atomic mass is 9.73. The van der Waals surface area contributed by atoms with Crippen LogP contribution in [0.5, 0.6) is 0 Å². The van der Waals surface area contributed by atoms with Gasteiger partial charge >= 0.3 is 18.1 Å². The molecule has 282 valence electrons. The van der Waals surface area contributed by atoms with E-state index in [1.54, 1.807) is 47.6 Å². The molecule has 0 radical (unpaired) electrons. The van der Waals surface area contributed by atoms with Gasteiger partial charge in [-0.25, -0.2) is 9.59 Å². The van der Waals surface area contributed by atoms with E-state index >= 15 is 0 Å². The van der Waals surface area contributed by atoms with Gasteiger partial charge in [0.25, 0.3) is 0 Å². The van der Waals surface area contributed by atoms with Gasteiger partial charge < -0.3 is 50.3 Å². The summed E-state index contributed by atoms with van der Waals surface area (Å²) in [6.07, 6.45) is -3.59. The van der Waals surface area contributed by atoms with Gasteiger partial charge in [0.2, 0.25) is 0 Å². The molecule has 2 rings (SSSR count). The van der Waals surface area contributed by atoms with E-state index in [4.69, 9.17) is 29.4 Å². The second-order valence-electron chi connectivity index (χ2n) is 14.0. The molecule has 49 heavy (non-hydrogen) atoms. The van der Waals surface area contributed by atoms with Crippen LogP contribution in [0.2, 0.25) is 0 Å². The van der Waals surface area contributed by atoms with Gasteiger partial charge in [0, 0.05) is 43.8 Å². The standard InChI is InChI=1S/C34H61N5O10/c1-12-17-45-25-18(3)24(40)19(4)27-21(6)28(49-33(8,9)48-27)34(10,44)23(13-2)46-29(41)22(7)26(20(25)5)47-32(43)38-16-14-15-37-30(35)39-31(42)36-11/h12,18-28,40,44H,1,13-17H2,2-11H3,(H,38,43)(H4,35,36,37,39,42)/t18-,19-,20-,21-,22-,23?,24-,25+,26?,27+,28-,34-/m0/s1. The minimum absolute atomic E-state index is 0.0664. The summed E-state index contributed by atoms with van der Waals surface area (Å²) in [6, 6.07) is -0.503. The van der Waals surface area contributed by atoms with E-state index < -0.39 is 95.7 Å². The number of alkyl carbamates (subject to hydrolysis) is 1. The van der Waals surface area contributed by atoms with Crippen molar-refractivity contribution in [3.8, 4) is 0 Å². The highest BCUT2D eigenvalue weighted by molar-refractivity contribution is 5.95. The Morgan fingerprint density at radius 2 is 1.71 bits per heavy atom. The summed E-state index contributed by atoms with van der Waals surface area (Å²) >= 11 is 0. The molecule has 0 aromatic carbocycles. The molecule has 0 spiro atoms. The molecule has 2 heterocycles. The third-order valence-corrected chi connectivity index (χ3v) is 9.70. The highest BCUT2D eigenvalue weighted by Gasteiger charge is 2.55. The number of aliphatic hydroxyl groups excluding tert-OH is 1. The Kier molecular flexibility index (Phi) is 15.8. The number of guanidine groups is 1. The Hall–Kier alpha value is -2.98. The van der Waals surface area contributed by atoms with Gasteiger partial charge in [0.15, 0.2) is 11.7 Å². The molecule has 2 aliphatic heterocycles. The number of carbonyl (C=O) groups excluding carboxylic acids is 3. The molecule has 2 aliphatic rings. The SMILES string of the molecule is C=CCO[C@@H]1[C@@H](C)[C@H](O)[C@H](C)[C@H]2OC(C)(C)O[C@@H]([C@H]2C)[C@@](C)(O)C(CC)OC(=O)[C@@H](C)C(OC(=O)NCCCN=C(N)NC(=O)NC)[C@H]1C. The Morgan fingerprint density at radius 3 is 2.31 bits per heavy atom. The lowest BCUT2D eigenvalue weighted by molar-refractivity contribution is -0.361. The maximum Gasteiger partial charge on any atom is 0.407 e. The number of cyclic esters (lactones) is 1. The first-order valence-corrected chi connectivity index (χ1v) is 17.2. The number of urea groups is 1. The number of rotatable bonds is 9. The molecule has 7 N–H and O–H groups in total. The summed E-state index contributed by atoms with van der Waals surface area (Å²) in [5.74, 6) is -4.83. The van der Waals surface area contributed by atoms with E-state index in [-0.39, 0.29) is 32.1 Å². The average molecular weight is 700 g/mol. The predicted octanol–water partition coefficient (Wildman–Crippen LogP) is 2.43. The smallest absolute Gasteiger partial charge is 0.407 e. The molecule has 0 aromatic rings. The molecule has 0 saturated carbocycles. The number of nitrogens with two attached hydrogens (primary N) is 1. The zero-order valence-electron chi connectivity index (χ0n) is 30.9. The van der Waals surface area contributed by atoms with Crippen molar-refractivity contribution in [3.05, 3.63) is 12.7 Å². The Balaban J connectivity index is 2.45. The quantitative estimate of drug-likeness (QED) is 0.0676. The van der Waals surface area contributed by atoms with Crippen LogP contribution in [0.25, 0.3) is 0 Å². The first kappa shape index (κ1) is 42.2. The van der Waals surface area contributed by atoms with Gasteiger partial charge in [-0.1, -0.05) is 40.7 Å². The van der Waals surface area contributed by atoms with Gasteiger partial charge in [-0.3, -0.25) is 15.1 Å². The van der Waals surface area contributed by atoms with Crippen LogP contribution in [0.1, 0.15) is 75.2 Å². The van der Waals surface area contributed by atoms with E-state index in [1.165, 1.54) is 7.05 Å². The molecule has 2 bridgehead atoms. The molecular formula is C34H61N5O10. The number of esters is 1. The summed E-state index contributed by atoms with van der Waals surface area (Å²) in [5.41, 5.74) is 4.03. The van der Waals surface area contributed by atoms with Crippen LogP contribution >= 0.6 is 0 Å². The number of nitrogens with one attached hydrogen (secondary N) is 3. The number of carbonyl (C=O) groups is 3. The van der Waals surface area contributed by atoms with Crippen molar-refractivity contribution in [2.24, 2.45) is 40.3 Å². The van der Waals surface area contributed by atoms with Gasteiger partial charge in [0.05, 0.1) is 36.9 Å². The maximum atomic E-state index is 13.9. The molecule has 2 fully saturated rings. The fourth-order valence-electron chi connectivity index (χ4n) is 7.00. The van der Waals surface area contributed by atoms with E-state index in [0.29, 0.717) is 6.42 Å². The van der Waals surface area contributed by atoms with Crippen molar-refractivity contribution in [1.29, 1.82) is 0 Å². The molecule has 0 aromatic heterocycles. The lowest BCUT2D eigenvalue weighted by Crippen LogP contribution is -2.64. The Morgan fingerprint density at radius 1 is 1.06 bits per heavy atom. The summed E-state index contributed by atoms with van der Waals surface area (Å²) in [6.45, 7) is 20.2. The molecule has 12 atom stereocenters. The summed E-state index contributed by atoms with van der Waals surface area (Å²) in [4.78, 5) is 42.4. The molecule has 2 saturated heterocycles. The molecule has 3 amide bonds. The minimum atomic E-state index is -1.64. The van der Waals surface area contributed by atoms with E-state index in [2.05, 4.69) is 27.5 Å². The summed E-state index contributed by atoms with van der Waals surface area (Å²) in [5, 5.41) is 31.3. The molecular weight excluding hydrogens is 638 g/mol. The highest BCUT2D eigenvalue weighted by atomic mass is 16.7. The number of amides is 3. The maximum absolute atomic E-state index is 13.9. The van der Waals surface area contributed by atoms with Crippen molar-refractivity contribution in [3.63, 3.8) is 0 Å². The van der Waals surface area contributed by atoms with Crippen LogP contribution < -0.4 is 21.7 Å². The van der Waals surface area contributed by atoms with E-state index in [9.17, 15) is 24.6 Å². The molecule has 2 unspecified atom stereocenters. The van der Waals surface area contributed by atoms with Crippen LogP contribution in [0.4, 0.5) is 9.59 Å². The van der Waals surface area contributed by atoms with Crippen LogP contribution in [0.15, 0.2) is 17.6 Å². The van der Waals surface area contributed by atoms with Crippen molar-refractivity contribution < 1.29 is 48.3 Å². The zero-order valence-corrected chi connectivity index (χ0v) is 30.9. The Bertz CT molecular complexity index is 1150. The number of ether oxygens (including phenoxy) is 5. The molecule has 15 heteroatoms. The fourth-order valence-corrected chi connectivity index (χ4v) is 7.00. The number of aliphatic hydroxyl groups is 2. The second kappa shape index (κ2) is 18.3. The first-order chi connectivity index (χ1) is 22.8. The number of fused-ring (bicyclic) bond motifs is 2. The zero-order chi connectivity index (χ0) is 37.3. The van der Waals surface area contributed by atoms with E-state index in [0.717, 1.165) is 0 Å². The first-order valence-electron chi connectivity index (χ1n) is 17.2. The normalized spacial score (nSPS) is 37.2. The fraction of sp³-hybridized carbons (Fsp3) is 0.824. The minimum Gasteiger partial charge on any atom is -0.459 e. The number of hydrogen-bond donors (Lipinski definition) is 6. The van der Waals surface area contributed by atoms with Crippen LogP contribution in [-0.2, 0) is 28.5 Å². The van der Waals surface area contributed by atoms with E-state index in [1.807, 2.05) is 20.8 Å². The number of nitrogens with zero attached hydrogens (tertiary/aromatic N) is 1. The number of aliphatic imine (C=N–C) groups is 1. The monoisotopic (exact) mass is 699 g/mol. The van der Waals surface area contributed by atoms with Gasteiger partial charge in [-0.05, 0) is 40.5 Å². The van der Waals surface area contributed by atoms with Crippen molar-refractivity contribution in [2.45, 2.75) is 123 Å². The van der Waals surface area contributed by atoms with Crippen molar-refractivity contribution in [1.82, 2.24) is 16.0 Å². The number of hydrogen-bond acceptors (Lipinski definition) is 11. The van der Waals surface area contributed by atoms with Crippen LogP contribution in [0, 0.1) is 29.6 Å². The third-order valence-electron chi connectivity index (χ3n) is 9.70. The summed E-state index contributed by atoms with van der Waals surface area (Å²) < 4.78 is 30.9. The molecule has 0 aliphatic carbocycles. The lowest BCUT2D eigenvalue weighted by Gasteiger charge is -2.53. The van der Waals surface area contributed by atoms with Crippen LogP contribution in [-0.4, -0.2) is 109 Å². The Labute approximate surface area is 291 Å². The van der Waals surface area contributed by atoms with Crippen LogP contribution in [0.3, 0.4) is 0 Å². The van der Waals surface area contributed by atoms with Gasteiger partial charge in [-0.15, -0.1) is 6.58 Å². The summed E-state index contributed by atoms with van der Waals surface area (Å²) in [7, 11) is 1.45. The van der Waals surface area contributed by atoms with Gasteiger partial charge in [-0.2, -0.15) is 0 Å². The van der Waals surface area contributed by atoms with Gasteiger partial charge in [0.1, 0.15) is 17.8 Å². The van der Waals surface area contributed by atoms with Crippen molar-refractivity contribution >= 4 is 24.1 Å². The predicted molar refractivity (Wildman–Crippen MR) is 183 cm³/mol. The average Bonchev–Trinajstić information content (AvgIpc) is 3.04. The topological polar surface area (TPSA) is 212 Å². The highest BCUT2D eigenvalue weighted by Crippen LogP contribution is 2.43.